The Morgan fingerprint density at radius 3 is 2.32 bits per heavy atom. The summed E-state index contributed by atoms with van der Waals surface area (Å²) in [4.78, 5) is 2.31. The van der Waals surface area contributed by atoms with Crippen LogP contribution in [-0.4, -0.2) is 8.42 Å². The van der Waals surface area contributed by atoms with Gasteiger partial charge in [-0.2, -0.15) is 13.2 Å². The van der Waals surface area contributed by atoms with Crippen LogP contribution in [0.25, 0.3) is 10.4 Å². The predicted octanol–water partition coefficient (Wildman–Crippen LogP) is 4.05. The summed E-state index contributed by atoms with van der Waals surface area (Å²) in [6.45, 7) is 7.13. The van der Waals surface area contributed by atoms with Gasteiger partial charge in [0.15, 0.2) is 0 Å². The van der Waals surface area contributed by atoms with Crippen LogP contribution in [0.2, 0.25) is 0 Å². The zero-order chi connectivity index (χ0) is 18.4. The van der Waals surface area contributed by atoms with E-state index in [-0.39, 0.29) is 27.3 Å². The number of rotatable bonds is 0. The van der Waals surface area contributed by atoms with Crippen molar-refractivity contribution in [1.82, 2.24) is 0 Å². The summed E-state index contributed by atoms with van der Waals surface area (Å²) < 4.78 is 64.5. The highest BCUT2D eigenvalue weighted by molar-refractivity contribution is 7.91. The molecule has 0 aromatic heterocycles. The minimum atomic E-state index is -4.72. The topological polar surface area (TPSA) is 62.3 Å². The molecule has 0 spiro atoms. The average Bonchev–Trinajstić information content (AvgIpc) is 2.57. The number of alkyl halides is 3. The fourth-order valence-corrected chi connectivity index (χ4v) is 4.39. The van der Waals surface area contributed by atoms with Crippen molar-refractivity contribution in [2.45, 2.75) is 16.0 Å². The third-order valence-electron chi connectivity index (χ3n) is 3.77. The maximum atomic E-state index is 13.0. The van der Waals surface area contributed by atoms with Crippen LogP contribution in [0.15, 0.2) is 58.0 Å². The Bertz CT molecular complexity index is 1100. The molecule has 0 saturated heterocycles. The lowest BCUT2D eigenvalue weighted by Crippen LogP contribution is -2.16. The Balaban J connectivity index is 2.50. The van der Waals surface area contributed by atoms with Crippen LogP contribution in [0.1, 0.15) is 16.7 Å². The molecule has 3 rings (SSSR count). The van der Waals surface area contributed by atoms with E-state index in [1.165, 1.54) is 24.3 Å². The molecule has 0 amide bonds. The molecule has 0 atom stereocenters. The molecule has 2 aromatic rings. The molecule has 4 nitrogen and oxygen atoms in total. The molecular weight excluding hydrogens is 353 g/mol. The standard InChI is InChI=1S/C17H7F3N2O2S/c1-22-13(9-21)16-11-4-2-3-5-14(11)25(23,24)15-8-10(17(18,19)20)6-7-12(15)16/h2-8H/b16-13+. The summed E-state index contributed by atoms with van der Waals surface area (Å²) in [7, 11) is -4.21. The van der Waals surface area contributed by atoms with Gasteiger partial charge in [-0.05, 0) is 29.3 Å². The number of nitriles is 1. The van der Waals surface area contributed by atoms with Crippen LogP contribution in [0.3, 0.4) is 0 Å². The normalized spacial score (nSPS) is 16.8. The number of nitrogens with zero attached hydrogens (tertiary/aromatic N) is 2. The highest BCUT2D eigenvalue weighted by Gasteiger charge is 2.37. The lowest BCUT2D eigenvalue weighted by atomic mass is 9.94. The van der Waals surface area contributed by atoms with Crippen molar-refractivity contribution in [3.63, 3.8) is 0 Å². The number of allylic oxidation sites excluding steroid dienone is 1. The van der Waals surface area contributed by atoms with Gasteiger partial charge in [0, 0.05) is 5.57 Å². The highest BCUT2D eigenvalue weighted by Crippen LogP contribution is 2.44. The molecule has 0 aliphatic carbocycles. The maximum Gasteiger partial charge on any atom is 0.416 e. The summed E-state index contributed by atoms with van der Waals surface area (Å²) >= 11 is 0. The first-order valence-corrected chi connectivity index (χ1v) is 8.28. The number of benzene rings is 2. The van der Waals surface area contributed by atoms with Crippen LogP contribution in [0, 0.1) is 17.9 Å². The second kappa shape index (κ2) is 5.47. The Morgan fingerprint density at radius 2 is 1.72 bits per heavy atom. The van der Waals surface area contributed by atoms with Gasteiger partial charge in [-0.1, -0.05) is 24.3 Å². The van der Waals surface area contributed by atoms with E-state index in [0.717, 1.165) is 12.1 Å². The van der Waals surface area contributed by atoms with Crippen LogP contribution in [0.4, 0.5) is 13.2 Å². The first-order valence-electron chi connectivity index (χ1n) is 6.79. The molecule has 2 aromatic carbocycles. The second-order valence-electron chi connectivity index (χ2n) is 5.16. The smallest absolute Gasteiger partial charge is 0.226 e. The lowest BCUT2D eigenvalue weighted by molar-refractivity contribution is -0.137. The summed E-state index contributed by atoms with van der Waals surface area (Å²) in [5.41, 5.74) is -1.44. The van der Waals surface area contributed by atoms with Crippen LogP contribution in [-0.2, 0) is 16.0 Å². The van der Waals surface area contributed by atoms with Crippen LogP contribution < -0.4 is 0 Å². The molecule has 0 radical (unpaired) electrons. The van der Waals surface area contributed by atoms with E-state index in [9.17, 15) is 26.9 Å². The first kappa shape index (κ1) is 16.7. The summed E-state index contributed by atoms with van der Waals surface area (Å²) in [5, 5.41) is 9.19. The molecule has 1 heterocycles. The maximum absolute atomic E-state index is 13.0. The minimum Gasteiger partial charge on any atom is -0.226 e. The first-order chi connectivity index (χ1) is 11.7. The van der Waals surface area contributed by atoms with Crippen molar-refractivity contribution in [1.29, 1.82) is 5.26 Å². The van der Waals surface area contributed by atoms with Crippen LogP contribution in [0.5, 0.6) is 0 Å². The zero-order valence-electron chi connectivity index (χ0n) is 12.3. The van der Waals surface area contributed by atoms with Gasteiger partial charge >= 0.3 is 6.18 Å². The molecule has 25 heavy (non-hydrogen) atoms. The van der Waals surface area contributed by atoms with Gasteiger partial charge in [0.25, 0.3) is 5.70 Å². The monoisotopic (exact) mass is 360 g/mol. The summed E-state index contributed by atoms with van der Waals surface area (Å²) in [5.74, 6) is 0. The molecule has 0 unspecified atom stereocenters. The molecule has 1 aliphatic heterocycles. The molecule has 0 N–H and O–H groups in total. The van der Waals surface area contributed by atoms with Gasteiger partial charge in [0.05, 0.1) is 28.0 Å². The second-order valence-corrected chi connectivity index (χ2v) is 7.04. The Hall–Kier alpha value is -3.10. The van der Waals surface area contributed by atoms with Crippen molar-refractivity contribution in [3.8, 4) is 6.07 Å². The van der Waals surface area contributed by atoms with E-state index in [1.807, 2.05) is 0 Å². The molecular formula is C17H7F3N2O2S. The van der Waals surface area contributed by atoms with Gasteiger partial charge in [0.2, 0.25) is 9.84 Å². The van der Waals surface area contributed by atoms with E-state index in [4.69, 9.17) is 6.57 Å². The van der Waals surface area contributed by atoms with E-state index in [0.29, 0.717) is 6.07 Å². The van der Waals surface area contributed by atoms with Gasteiger partial charge in [-0.25, -0.2) is 18.5 Å². The number of hydrogen-bond acceptors (Lipinski definition) is 3. The van der Waals surface area contributed by atoms with E-state index >= 15 is 0 Å². The molecule has 1 aliphatic rings. The number of halogens is 3. The van der Waals surface area contributed by atoms with Crippen LogP contribution >= 0.6 is 0 Å². The Kier molecular flexibility index (Phi) is 3.66. The lowest BCUT2D eigenvalue weighted by Gasteiger charge is -2.24. The van der Waals surface area contributed by atoms with E-state index in [2.05, 4.69) is 4.85 Å². The summed E-state index contributed by atoms with van der Waals surface area (Å²) in [6.07, 6.45) is -4.72. The largest absolute Gasteiger partial charge is 0.416 e. The molecule has 8 heteroatoms. The fourth-order valence-electron chi connectivity index (χ4n) is 2.69. The number of hydrogen-bond donors (Lipinski definition) is 0. The van der Waals surface area contributed by atoms with E-state index < -0.39 is 26.5 Å². The predicted molar refractivity (Wildman–Crippen MR) is 81.6 cm³/mol. The molecule has 0 saturated carbocycles. The molecule has 0 fully saturated rings. The SMILES string of the molecule is [C-]#[N+]/C(C#N)=C1\c2ccccc2S(=O)(=O)c2cc(C(F)(F)F)ccc21. The fraction of sp³-hybridized carbons (Fsp3) is 0.0588. The van der Waals surface area contributed by atoms with Gasteiger partial charge in [0.1, 0.15) is 0 Å². The van der Waals surface area contributed by atoms with Crippen molar-refractivity contribution in [2.24, 2.45) is 0 Å². The zero-order valence-corrected chi connectivity index (χ0v) is 13.1. The molecule has 124 valence electrons. The van der Waals surface area contributed by atoms with E-state index in [1.54, 1.807) is 6.07 Å². The van der Waals surface area contributed by atoms with Gasteiger partial charge in [-0.15, -0.1) is 0 Å². The van der Waals surface area contributed by atoms with Crippen molar-refractivity contribution in [2.75, 3.05) is 0 Å². The Labute approximate surface area is 141 Å². The minimum absolute atomic E-state index is 0.0200. The van der Waals surface area contributed by atoms with Crippen molar-refractivity contribution >= 4 is 15.4 Å². The third kappa shape index (κ3) is 2.48. The number of sulfone groups is 1. The highest BCUT2D eigenvalue weighted by atomic mass is 32.2. The van der Waals surface area contributed by atoms with Gasteiger partial charge < -0.3 is 0 Å². The van der Waals surface area contributed by atoms with Crippen molar-refractivity contribution < 1.29 is 21.6 Å². The average molecular weight is 360 g/mol. The van der Waals surface area contributed by atoms with Crippen molar-refractivity contribution in [3.05, 3.63) is 76.3 Å². The number of fused-ring (bicyclic) bond motifs is 2. The quantitative estimate of drug-likeness (QED) is 0.449. The Morgan fingerprint density at radius 1 is 1.08 bits per heavy atom. The molecule has 0 bridgehead atoms. The third-order valence-corrected chi connectivity index (χ3v) is 5.62. The summed E-state index contributed by atoms with van der Waals surface area (Å²) in [6, 6.07) is 9.57. The van der Waals surface area contributed by atoms with Gasteiger partial charge in [-0.3, -0.25) is 0 Å².